The Morgan fingerprint density at radius 1 is 1.33 bits per heavy atom. The van der Waals surface area contributed by atoms with Gasteiger partial charge in [0.15, 0.2) is 0 Å². The quantitative estimate of drug-likeness (QED) is 0.921. The van der Waals surface area contributed by atoms with Crippen molar-refractivity contribution < 1.29 is 5.11 Å². The maximum Gasteiger partial charge on any atom is 0.205 e. The zero-order valence-corrected chi connectivity index (χ0v) is 11.6. The third-order valence-electron chi connectivity index (χ3n) is 2.95. The van der Waals surface area contributed by atoms with E-state index < -0.39 is 0 Å². The Bertz CT molecular complexity index is 509. The predicted octanol–water partition coefficient (Wildman–Crippen LogP) is 2.62. The lowest BCUT2D eigenvalue weighted by Gasteiger charge is -2.23. The van der Waals surface area contributed by atoms with Crippen LogP contribution in [0.2, 0.25) is 0 Å². The summed E-state index contributed by atoms with van der Waals surface area (Å²) in [5, 5.41) is 10.2. The normalized spacial score (nSPS) is 12.4. The number of benzene rings is 1. The van der Waals surface area contributed by atoms with Gasteiger partial charge in [0.2, 0.25) is 5.13 Å². The van der Waals surface area contributed by atoms with Crippen molar-refractivity contribution in [2.45, 2.75) is 26.3 Å². The van der Waals surface area contributed by atoms with Gasteiger partial charge in [0.05, 0.1) is 0 Å². The summed E-state index contributed by atoms with van der Waals surface area (Å²) in [6.45, 7) is 4.06. The Kier molecular flexibility index (Phi) is 3.81. The minimum atomic E-state index is 0.305. The number of aromatic hydroxyl groups is 1. The predicted molar refractivity (Wildman–Crippen MR) is 74.3 cm³/mol. The Hall–Kier alpha value is -1.62. The molecule has 1 unspecified atom stereocenters. The minimum absolute atomic E-state index is 0.305. The number of aryl methyl sites for hydroxylation is 1. The highest BCUT2D eigenvalue weighted by molar-refractivity contribution is 7.09. The Morgan fingerprint density at radius 3 is 2.56 bits per heavy atom. The van der Waals surface area contributed by atoms with Crippen molar-refractivity contribution in [2.75, 3.05) is 11.9 Å². The summed E-state index contributed by atoms with van der Waals surface area (Å²) in [5.41, 5.74) is 1.20. The molecule has 0 aliphatic rings. The molecule has 0 saturated carbocycles. The summed E-state index contributed by atoms with van der Waals surface area (Å²) in [4.78, 5) is 6.52. The first kappa shape index (κ1) is 12.8. The van der Waals surface area contributed by atoms with Gasteiger partial charge in [0.25, 0.3) is 0 Å². The van der Waals surface area contributed by atoms with E-state index in [1.165, 1.54) is 17.1 Å². The molecule has 1 aromatic carbocycles. The van der Waals surface area contributed by atoms with E-state index in [-0.39, 0.29) is 0 Å². The topological polar surface area (TPSA) is 49.2 Å². The lowest BCUT2D eigenvalue weighted by Crippen LogP contribution is -2.30. The number of hydrogen-bond acceptors (Lipinski definition) is 5. The number of likely N-dealkylation sites (N-methyl/N-ethyl adjacent to an activating group) is 1. The SMILES string of the molecule is Cc1nsc(N(C)C(C)Cc2ccc(O)cc2)n1. The van der Waals surface area contributed by atoms with E-state index >= 15 is 0 Å². The highest BCUT2D eigenvalue weighted by atomic mass is 32.1. The molecule has 2 rings (SSSR count). The largest absolute Gasteiger partial charge is 0.508 e. The zero-order chi connectivity index (χ0) is 13.1. The molecule has 0 spiro atoms. The lowest BCUT2D eigenvalue weighted by atomic mass is 10.1. The Labute approximate surface area is 111 Å². The third kappa shape index (κ3) is 2.98. The second-order valence-corrected chi connectivity index (χ2v) is 5.18. The fourth-order valence-electron chi connectivity index (χ4n) is 1.73. The summed E-state index contributed by atoms with van der Waals surface area (Å²) in [5.74, 6) is 1.12. The summed E-state index contributed by atoms with van der Waals surface area (Å²) in [6, 6.07) is 7.67. The first-order valence-electron chi connectivity index (χ1n) is 5.87. The van der Waals surface area contributed by atoms with Gasteiger partial charge in [-0.05, 0) is 38.0 Å². The van der Waals surface area contributed by atoms with Crippen LogP contribution < -0.4 is 4.90 Å². The molecule has 0 aliphatic carbocycles. The number of phenolic OH excluding ortho intramolecular Hbond substituents is 1. The van der Waals surface area contributed by atoms with Crippen molar-refractivity contribution in [2.24, 2.45) is 0 Å². The van der Waals surface area contributed by atoms with Crippen LogP contribution >= 0.6 is 11.5 Å². The highest BCUT2D eigenvalue weighted by Crippen LogP contribution is 2.20. The summed E-state index contributed by atoms with van der Waals surface area (Å²) in [7, 11) is 2.03. The number of phenols is 1. The van der Waals surface area contributed by atoms with Gasteiger partial charge in [-0.15, -0.1) is 0 Å². The van der Waals surface area contributed by atoms with Crippen LogP contribution in [0, 0.1) is 6.92 Å². The standard InChI is InChI=1S/C13H17N3OS/c1-9(8-11-4-6-12(17)7-5-11)16(3)13-14-10(2)15-18-13/h4-7,9,17H,8H2,1-3H3. The van der Waals surface area contributed by atoms with E-state index in [0.717, 1.165) is 17.4 Å². The van der Waals surface area contributed by atoms with E-state index in [1.54, 1.807) is 12.1 Å². The van der Waals surface area contributed by atoms with Crippen molar-refractivity contribution in [1.29, 1.82) is 0 Å². The maximum atomic E-state index is 9.25. The molecule has 1 atom stereocenters. The number of aromatic nitrogens is 2. The van der Waals surface area contributed by atoms with Crippen LogP contribution in [0.3, 0.4) is 0 Å². The molecule has 1 aromatic heterocycles. The minimum Gasteiger partial charge on any atom is -0.508 e. The molecule has 0 radical (unpaired) electrons. The molecule has 1 heterocycles. The van der Waals surface area contributed by atoms with Gasteiger partial charge in [-0.3, -0.25) is 0 Å². The van der Waals surface area contributed by atoms with Gasteiger partial charge in [0.1, 0.15) is 11.6 Å². The summed E-state index contributed by atoms with van der Waals surface area (Å²) in [6.07, 6.45) is 0.912. The van der Waals surface area contributed by atoms with Crippen molar-refractivity contribution >= 4 is 16.7 Å². The molecule has 4 nitrogen and oxygen atoms in total. The molecule has 0 saturated heterocycles. The van der Waals surface area contributed by atoms with Crippen LogP contribution in [0.4, 0.5) is 5.13 Å². The van der Waals surface area contributed by atoms with E-state index in [4.69, 9.17) is 0 Å². The van der Waals surface area contributed by atoms with Crippen molar-refractivity contribution in [3.63, 3.8) is 0 Å². The third-order valence-corrected chi connectivity index (χ3v) is 3.85. The molecule has 0 fully saturated rings. The van der Waals surface area contributed by atoms with E-state index in [1.807, 2.05) is 26.1 Å². The summed E-state index contributed by atoms with van der Waals surface area (Å²) < 4.78 is 4.19. The molecule has 2 aromatic rings. The van der Waals surface area contributed by atoms with Crippen LogP contribution in [0.25, 0.3) is 0 Å². The van der Waals surface area contributed by atoms with Crippen molar-refractivity contribution in [1.82, 2.24) is 9.36 Å². The van der Waals surface area contributed by atoms with Gasteiger partial charge in [0, 0.05) is 24.6 Å². The number of hydrogen-bond donors (Lipinski definition) is 1. The molecule has 96 valence electrons. The molecule has 0 amide bonds. The van der Waals surface area contributed by atoms with Crippen LogP contribution in [-0.4, -0.2) is 27.6 Å². The Morgan fingerprint density at radius 2 is 2.00 bits per heavy atom. The molecular formula is C13H17N3OS. The first-order valence-corrected chi connectivity index (χ1v) is 6.64. The lowest BCUT2D eigenvalue weighted by molar-refractivity contribution is 0.475. The molecule has 18 heavy (non-hydrogen) atoms. The van der Waals surface area contributed by atoms with Gasteiger partial charge in [-0.2, -0.15) is 4.37 Å². The van der Waals surface area contributed by atoms with Crippen LogP contribution in [0.1, 0.15) is 18.3 Å². The number of rotatable bonds is 4. The molecule has 5 heteroatoms. The Balaban J connectivity index is 2.03. The van der Waals surface area contributed by atoms with Gasteiger partial charge in [-0.1, -0.05) is 12.1 Å². The molecular weight excluding hydrogens is 246 g/mol. The smallest absolute Gasteiger partial charge is 0.205 e. The molecule has 0 bridgehead atoms. The van der Waals surface area contributed by atoms with E-state index in [0.29, 0.717) is 11.8 Å². The van der Waals surface area contributed by atoms with Crippen LogP contribution in [-0.2, 0) is 6.42 Å². The van der Waals surface area contributed by atoms with E-state index in [2.05, 4.69) is 21.2 Å². The zero-order valence-electron chi connectivity index (χ0n) is 10.8. The van der Waals surface area contributed by atoms with Gasteiger partial charge < -0.3 is 10.0 Å². The fourth-order valence-corrected chi connectivity index (χ4v) is 2.46. The average molecular weight is 263 g/mol. The first-order chi connectivity index (χ1) is 8.56. The number of nitrogens with zero attached hydrogens (tertiary/aromatic N) is 3. The van der Waals surface area contributed by atoms with Crippen LogP contribution in [0.5, 0.6) is 5.75 Å². The van der Waals surface area contributed by atoms with Crippen LogP contribution in [0.15, 0.2) is 24.3 Å². The second kappa shape index (κ2) is 5.35. The van der Waals surface area contributed by atoms with Crippen molar-refractivity contribution in [3.05, 3.63) is 35.7 Å². The monoisotopic (exact) mass is 263 g/mol. The summed E-state index contributed by atoms with van der Waals surface area (Å²) >= 11 is 1.42. The fraction of sp³-hybridized carbons (Fsp3) is 0.385. The van der Waals surface area contributed by atoms with Gasteiger partial charge >= 0.3 is 0 Å². The molecule has 0 aliphatic heterocycles. The number of anilines is 1. The maximum absolute atomic E-state index is 9.25. The second-order valence-electron chi connectivity index (χ2n) is 4.45. The van der Waals surface area contributed by atoms with Crippen molar-refractivity contribution in [3.8, 4) is 5.75 Å². The average Bonchev–Trinajstić information content (AvgIpc) is 2.78. The van der Waals surface area contributed by atoms with Gasteiger partial charge in [-0.25, -0.2) is 4.98 Å². The highest BCUT2D eigenvalue weighted by Gasteiger charge is 2.14. The molecule has 1 N–H and O–H groups in total. The van der Waals surface area contributed by atoms with E-state index in [9.17, 15) is 5.11 Å².